The smallest absolute Gasteiger partial charge is 0.318 e. The van der Waals surface area contributed by atoms with Gasteiger partial charge in [0, 0.05) is 30.5 Å². The topological polar surface area (TPSA) is 55.7 Å². The van der Waals surface area contributed by atoms with E-state index in [1.54, 1.807) is 14.2 Å². The lowest BCUT2D eigenvalue weighted by molar-refractivity contribution is 0.160. The van der Waals surface area contributed by atoms with Crippen LogP contribution in [0.25, 0.3) is 0 Å². The van der Waals surface area contributed by atoms with E-state index in [0.29, 0.717) is 18.0 Å². The zero-order chi connectivity index (χ0) is 18.9. The monoisotopic (exact) mass is 357 g/mol. The van der Waals surface area contributed by atoms with Crippen molar-refractivity contribution >= 4 is 6.03 Å². The first-order valence-corrected chi connectivity index (χ1v) is 8.80. The molecule has 1 aromatic heterocycles. The first-order valence-electron chi connectivity index (χ1n) is 8.80. The van der Waals surface area contributed by atoms with Crippen LogP contribution in [0, 0.1) is 0 Å². The molecule has 0 radical (unpaired) electrons. The van der Waals surface area contributed by atoms with E-state index in [1.807, 2.05) is 49.9 Å². The summed E-state index contributed by atoms with van der Waals surface area (Å²) in [5, 5.41) is 3.08. The van der Waals surface area contributed by atoms with Gasteiger partial charge in [0.2, 0.25) is 0 Å². The molecule has 1 aromatic carbocycles. The van der Waals surface area contributed by atoms with E-state index in [0.717, 1.165) is 17.8 Å². The van der Waals surface area contributed by atoms with Crippen LogP contribution in [-0.4, -0.2) is 41.8 Å². The van der Waals surface area contributed by atoms with E-state index >= 15 is 0 Å². The Balaban J connectivity index is 2.03. The molecule has 1 aliphatic rings. The molecule has 0 bridgehead atoms. The van der Waals surface area contributed by atoms with Crippen molar-refractivity contribution in [2.75, 3.05) is 20.8 Å². The number of ether oxygens (including phenoxy) is 2. The number of carbonyl (C=O) groups excluding carboxylic acids is 1. The number of nitrogens with one attached hydrogen (secondary N) is 1. The first-order chi connectivity index (χ1) is 12.3. The number of hydrogen-bond acceptors (Lipinski definition) is 3. The number of methoxy groups -OCH3 is 2. The Labute approximate surface area is 154 Å². The predicted molar refractivity (Wildman–Crippen MR) is 101 cm³/mol. The zero-order valence-electron chi connectivity index (χ0n) is 16.1. The lowest BCUT2D eigenvalue weighted by atomic mass is 9.99. The molecule has 0 aliphatic carbocycles. The first kappa shape index (κ1) is 18.2. The molecule has 1 N–H and O–H groups in total. The molecule has 0 saturated heterocycles. The van der Waals surface area contributed by atoms with Gasteiger partial charge < -0.3 is 24.3 Å². The van der Waals surface area contributed by atoms with Gasteiger partial charge in [0.25, 0.3) is 0 Å². The second kappa shape index (κ2) is 6.94. The van der Waals surface area contributed by atoms with Gasteiger partial charge in [-0.25, -0.2) is 4.79 Å². The van der Waals surface area contributed by atoms with Crippen molar-refractivity contribution in [1.82, 2.24) is 14.8 Å². The number of amides is 2. The fraction of sp³-hybridized carbons (Fsp3) is 0.450. The third-order valence-electron chi connectivity index (χ3n) is 4.50. The minimum Gasteiger partial charge on any atom is -0.493 e. The molecule has 0 spiro atoms. The summed E-state index contributed by atoms with van der Waals surface area (Å²) in [5.74, 6) is 1.33. The van der Waals surface area contributed by atoms with Crippen LogP contribution >= 0.6 is 0 Å². The number of aromatic nitrogens is 1. The third kappa shape index (κ3) is 3.49. The van der Waals surface area contributed by atoms with E-state index in [2.05, 4.69) is 22.1 Å². The fourth-order valence-electron chi connectivity index (χ4n) is 3.37. The second-order valence-electron chi connectivity index (χ2n) is 7.52. The molecule has 0 fully saturated rings. The van der Waals surface area contributed by atoms with Crippen LogP contribution in [0.2, 0.25) is 0 Å². The summed E-state index contributed by atoms with van der Waals surface area (Å²) in [7, 11) is 3.24. The quantitative estimate of drug-likeness (QED) is 0.916. The van der Waals surface area contributed by atoms with Crippen molar-refractivity contribution in [3.8, 4) is 11.5 Å². The minimum atomic E-state index is -0.293. The molecule has 1 atom stereocenters. The summed E-state index contributed by atoms with van der Waals surface area (Å²) in [6.07, 6.45) is 2.06. The number of fused-ring (bicyclic) bond motifs is 1. The molecule has 2 amide bonds. The highest BCUT2D eigenvalue weighted by Crippen LogP contribution is 2.37. The van der Waals surface area contributed by atoms with Gasteiger partial charge in [0.1, 0.15) is 0 Å². The van der Waals surface area contributed by atoms with Gasteiger partial charge in [-0.2, -0.15) is 0 Å². The largest absolute Gasteiger partial charge is 0.493 e. The predicted octanol–water partition coefficient (Wildman–Crippen LogP) is 3.42. The number of carbonyl (C=O) groups is 1. The Bertz CT molecular complexity index is 792. The number of nitrogens with zero attached hydrogens (tertiary/aromatic N) is 2. The van der Waals surface area contributed by atoms with Gasteiger partial charge >= 0.3 is 6.03 Å². The average Bonchev–Trinajstić information content (AvgIpc) is 3.07. The van der Waals surface area contributed by atoms with E-state index in [4.69, 9.17) is 9.47 Å². The van der Waals surface area contributed by atoms with Crippen LogP contribution in [-0.2, 0) is 6.54 Å². The summed E-state index contributed by atoms with van der Waals surface area (Å²) in [6.45, 7) is 7.39. The molecule has 6 heteroatoms. The van der Waals surface area contributed by atoms with Crippen LogP contribution in [0.4, 0.5) is 4.79 Å². The summed E-state index contributed by atoms with van der Waals surface area (Å²) in [4.78, 5) is 14.8. The molecule has 1 aliphatic heterocycles. The highest BCUT2D eigenvalue weighted by atomic mass is 16.5. The lowest BCUT2D eigenvalue weighted by Gasteiger charge is -2.39. The normalized spacial score (nSPS) is 16.8. The maximum Gasteiger partial charge on any atom is 0.318 e. The molecular formula is C20H27N3O3. The van der Waals surface area contributed by atoms with E-state index in [1.165, 1.54) is 0 Å². The van der Waals surface area contributed by atoms with Gasteiger partial charge in [-0.05, 0) is 50.6 Å². The third-order valence-corrected chi connectivity index (χ3v) is 4.50. The number of benzene rings is 1. The molecule has 140 valence electrons. The van der Waals surface area contributed by atoms with Gasteiger partial charge in [-0.1, -0.05) is 6.07 Å². The zero-order valence-corrected chi connectivity index (χ0v) is 16.1. The molecule has 26 heavy (non-hydrogen) atoms. The molecule has 3 rings (SSSR count). The highest BCUT2D eigenvalue weighted by molar-refractivity contribution is 5.76. The molecule has 2 heterocycles. The van der Waals surface area contributed by atoms with E-state index < -0.39 is 0 Å². The Hall–Kier alpha value is -2.63. The van der Waals surface area contributed by atoms with Crippen molar-refractivity contribution in [1.29, 1.82) is 0 Å². The number of hydrogen-bond donors (Lipinski definition) is 1. The van der Waals surface area contributed by atoms with Crippen molar-refractivity contribution in [2.24, 2.45) is 0 Å². The summed E-state index contributed by atoms with van der Waals surface area (Å²) >= 11 is 0. The molecule has 0 unspecified atom stereocenters. The van der Waals surface area contributed by atoms with E-state index in [9.17, 15) is 4.79 Å². The van der Waals surface area contributed by atoms with Gasteiger partial charge in [-0.3, -0.25) is 0 Å². The number of urea groups is 1. The summed E-state index contributed by atoms with van der Waals surface area (Å²) in [5.41, 5.74) is 1.79. The second-order valence-corrected chi connectivity index (χ2v) is 7.52. The summed E-state index contributed by atoms with van der Waals surface area (Å²) in [6, 6.07) is 9.67. The lowest BCUT2D eigenvalue weighted by Crippen LogP contribution is -2.52. The summed E-state index contributed by atoms with van der Waals surface area (Å²) < 4.78 is 13.0. The standard InChI is InChI=1S/C20H27N3O3/c1-20(2,3)21-19(24)23-12-11-22-10-6-7-15(22)18(23)14-8-9-16(25-4)17(13-14)26-5/h6-10,13,18H,11-12H2,1-5H3,(H,21,24)/t18-/m1/s1. The van der Waals surface area contributed by atoms with Crippen LogP contribution < -0.4 is 14.8 Å². The van der Waals surface area contributed by atoms with Crippen molar-refractivity contribution in [3.05, 3.63) is 47.8 Å². The van der Waals surface area contributed by atoms with Crippen LogP contribution in [0.15, 0.2) is 36.5 Å². The average molecular weight is 357 g/mol. The van der Waals surface area contributed by atoms with Crippen LogP contribution in [0.5, 0.6) is 11.5 Å². The Kier molecular flexibility index (Phi) is 4.85. The van der Waals surface area contributed by atoms with Gasteiger partial charge in [-0.15, -0.1) is 0 Å². The fourth-order valence-corrected chi connectivity index (χ4v) is 3.37. The van der Waals surface area contributed by atoms with Crippen LogP contribution in [0.3, 0.4) is 0 Å². The van der Waals surface area contributed by atoms with E-state index in [-0.39, 0.29) is 17.6 Å². The van der Waals surface area contributed by atoms with Crippen molar-refractivity contribution in [2.45, 2.75) is 38.9 Å². The molecular weight excluding hydrogens is 330 g/mol. The minimum absolute atomic E-state index is 0.0651. The Morgan fingerprint density at radius 1 is 1.12 bits per heavy atom. The SMILES string of the molecule is COc1ccc([C@@H]2c3cccn3CCN2C(=O)NC(C)(C)C)cc1OC. The van der Waals surface area contributed by atoms with Crippen molar-refractivity contribution in [3.63, 3.8) is 0 Å². The van der Waals surface area contributed by atoms with Crippen molar-refractivity contribution < 1.29 is 14.3 Å². The van der Waals surface area contributed by atoms with Crippen LogP contribution in [0.1, 0.15) is 38.1 Å². The van der Waals surface area contributed by atoms with Gasteiger partial charge in [0.15, 0.2) is 11.5 Å². The number of rotatable bonds is 3. The molecule has 0 saturated carbocycles. The Morgan fingerprint density at radius 2 is 1.85 bits per heavy atom. The van der Waals surface area contributed by atoms with Gasteiger partial charge in [0.05, 0.1) is 20.3 Å². The highest BCUT2D eigenvalue weighted by Gasteiger charge is 2.33. The molecule has 2 aromatic rings. The maximum absolute atomic E-state index is 13.0. The maximum atomic E-state index is 13.0. The molecule has 6 nitrogen and oxygen atoms in total. The Morgan fingerprint density at radius 3 is 2.50 bits per heavy atom.